The van der Waals surface area contributed by atoms with Crippen molar-refractivity contribution in [3.8, 4) is 5.88 Å². The summed E-state index contributed by atoms with van der Waals surface area (Å²) in [4.78, 5) is 36.0. The van der Waals surface area contributed by atoms with Gasteiger partial charge in [0.15, 0.2) is 0 Å². The summed E-state index contributed by atoms with van der Waals surface area (Å²) in [6.07, 6.45) is 3.03. The van der Waals surface area contributed by atoms with E-state index < -0.39 is 5.82 Å². The van der Waals surface area contributed by atoms with E-state index in [1.54, 1.807) is 24.3 Å². The number of esters is 1. The fraction of sp³-hybridized carbons (Fsp3) is 0.394. The lowest BCUT2D eigenvalue weighted by Crippen LogP contribution is -2.35. The Kier molecular flexibility index (Phi) is 8.85. The molecule has 1 N–H and O–H groups in total. The van der Waals surface area contributed by atoms with Crippen molar-refractivity contribution < 1.29 is 28.2 Å². The van der Waals surface area contributed by atoms with Gasteiger partial charge in [0, 0.05) is 42.5 Å². The molecular formula is C33H36FN5O5. The Balaban J connectivity index is 1.09. The van der Waals surface area contributed by atoms with Gasteiger partial charge in [-0.2, -0.15) is 0 Å². The van der Waals surface area contributed by atoms with Crippen LogP contribution in [0, 0.1) is 5.82 Å². The summed E-state index contributed by atoms with van der Waals surface area (Å²) < 4.78 is 33.2. The number of carbonyl (C=O) groups excluding carboxylic acids is 2. The van der Waals surface area contributed by atoms with Gasteiger partial charge in [0.2, 0.25) is 5.88 Å². The number of halogens is 1. The minimum Gasteiger partial charge on any atom is -0.473 e. The molecule has 10 nitrogen and oxygen atoms in total. The molecule has 0 aliphatic carbocycles. The van der Waals surface area contributed by atoms with Crippen molar-refractivity contribution in [1.82, 2.24) is 24.8 Å². The predicted molar refractivity (Wildman–Crippen MR) is 161 cm³/mol. The first-order chi connectivity index (χ1) is 21.4. The number of likely N-dealkylation sites (tertiary alicyclic amines) is 1. The summed E-state index contributed by atoms with van der Waals surface area (Å²) in [7, 11) is 2.89. The molecule has 6 rings (SSSR count). The van der Waals surface area contributed by atoms with E-state index in [9.17, 15) is 14.0 Å². The van der Waals surface area contributed by atoms with Crippen molar-refractivity contribution >= 4 is 22.9 Å². The lowest BCUT2D eigenvalue weighted by Gasteiger charge is -2.32. The van der Waals surface area contributed by atoms with Gasteiger partial charge in [-0.25, -0.2) is 19.2 Å². The number of aromatic nitrogens is 3. The number of carbonyl (C=O) groups is 2. The van der Waals surface area contributed by atoms with Gasteiger partial charge in [-0.15, -0.1) is 0 Å². The van der Waals surface area contributed by atoms with Crippen LogP contribution in [-0.2, 0) is 29.2 Å². The third-order valence-corrected chi connectivity index (χ3v) is 8.46. The molecule has 2 aromatic heterocycles. The summed E-state index contributed by atoms with van der Waals surface area (Å²) in [6.45, 7) is 3.96. The molecule has 11 heteroatoms. The Morgan fingerprint density at radius 2 is 1.84 bits per heavy atom. The number of pyridine rings is 1. The predicted octanol–water partition coefficient (Wildman–Crippen LogP) is 4.46. The van der Waals surface area contributed by atoms with Crippen LogP contribution in [0.2, 0.25) is 0 Å². The molecule has 0 bridgehead atoms. The van der Waals surface area contributed by atoms with Crippen molar-refractivity contribution in [2.75, 3.05) is 33.9 Å². The van der Waals surface area contributed by atoms with Crippen LogP contribution in [0.5, 0.6) is 5.88 Å². The second kappa shape index (κ2) is 13.1. The second-order valence-electron chi connectivity index (χ2n) is 11.2. The van der Waals surface area contributed by atoms with Crippen molar-refractivity contribution in [1.29, 1.82) is 0 Å². The number of nitrogens with one attached hydrogen (secondary N) is 1. The first kappa shape index (κ1) is 29.7. The van der Waals surface area contributed by atoms with E-state index in [1.165, 1.54) is 20.2 Å². The molecule has 1 amide bonds. The summed E-state index contributed by atoms with van der Waals surface area (Å²) in [6, 6.07) is 15.6. The zero-order chi connectivity index (χ0) is 30.6. The minimum atomic E-state index is -0.493. The quantitative estimate of drug-likeness (QED) is 0.266. The third-order valence-electron chi connectivity index (χ3n) is 8.46. The number of ether oxygens (including phenoxy) is 3. The van der Waals surface area contributed by atoms with Crippen LogP contribution in [0.4, 0.5) is 4.39 Å². The monoisotopic (exact) mass is 601 g/mol. The van der Waals surface area contributed by atoms with Crippen LogP contribution >= 0.6 is 0 Å². The molecule has 0 spiro atoms. The lowest BCUT2D eigenvalue weighted by atomic mass is 9.93. The van der Waals surface area contributed by atoms with Gasteiger partial charge in [0.1, 0.15) is 18.2 Å². The molecule has 4 heterocycles. The zero-order valence-electron chi connectivity index (χ0n) is 24.9. The van der Waals surface area contributed by atoms with Crippen molar-refractivity contribution in [3.63, 3.8) is 0 Å². The van der Waals surface area contributed by atoms with E-state index in [4.69, 9.17) is 24.2 Å². The molecule has 0 saturated carbocycles. The molecule has 230 valence electrons. The van der Waals surface area contributed by atoms with Crippen molar-refractivity contribution in [2.24, 2.45) is 0 Å². The maximum atomic E-state index is 14.5. The zero-order valence-corrected chi connectivity index (χ0v) is 24.9. The SMILES string of the molecule is CNC(=O)c1ccc(COc2cccc(C3CCN(Cc4nc5ccc(C(=O)OC)cc5n4C[C@@H]4CCO4)CC3)n2)c(F)c1. The molecule has 4 aromatic rings. The van der Waals surface area contributed by atoms with Gasteiger partial charge in [-0.3, -0.25) is 9.69 Å². The van der Waals surface area contributed by atoms with E-state index in [2.05, 4.69) is 14.8 Å². The standard InChI is InChI=1S/C33H36FN5O5/c1-35-32(40)22-6-7-24(26(34)16-22)20-44-31-5-3-4-27(37-31)21-10-13-38(14-11-21)19-30-36-28-9-8-23(33(41)42-2)17-29(28)39(30)18-25-12-15-43-25/h3-9,16-17,21,25H,10-15,18-20H2,1-2H3,(H,35,40)/t25-/m0/s1. The van der Waals surface area contributed by atoms with Gasteiger partial charge in [0.05, 0.1) is 42.9 Å². The number of hydrogen-bond donors (Lipinski definition) is 1. The molecular weight excluding hydrogens is 565 g/mol. The highest BCUT2D eigenvalue weighted by Gasteiger charge is 2.26. The number of amides is 1. The highest BCUT2D eigenvalue weighted by molar-refractivity contribution is 5.94. The van der Waals surface area contributed by atoms with Gasteiger partial charge in [0.25, 0.3) is 5.91 Å². The van der Waals surface area contributed by atoms with Crippen molar-refractivity contribution in [3.05, 3.63) is 88.6 Å². The fourth-order valence-electron chi connectivity index (χ4n) is 5.80. The third kappa shape index (κ3) is 6.44. The van der Waals surface area contributed by atoms with E-state index in [1.807, 2.05) is 24.3 Å². The maximum absolute atomic E-state index is 14.5. The van der Waals surface area contributed by atoms with Gasteiger partial charge in [-0.1, -0.05) is 12.1 Å². The Morgan fingerprint density at radius 1 is 1.05 bits per heavy atom. The molecule has 2 aromatic carbocycles. The van der Waals surface area contributed by atoms with Crippen LogP contribution in [0.25, 0.3) is 11.0 Å². The summed E-state index contributed by atoms with van der Waals surface area (Å²) in [5.74, 6) is 0.483. The Bertz CT molecular complexity index is 1660. The average Bonchev–Trinajstić information content (AvgIpc) is 3.37. The highest BCUT2D eigenvalue weighted by Crippen LogP contribution is 2.30. The van der Waals surface area contributed by atoms with E-state index >= 15 is 0 Å². The molecule has 44 heavy (non-hydrogen) atoms. The van der Waals surface area contributed by atoms with Crippen LogP contribution in [0.1, 0.15) is 63.0 Å². The Hall–Kier alpha value is -4.35. The molecule has 2 fully saturated rings. The van der Waals surface area contributed by atoms with E-state index in [0.29, 0.717) is 30.1 Å². The molecule has 0 unspecified atom stereocenters. The maximum Gasteiger partial charge on any atom is 0.337 e. The molecule has 2 saturated heterocycles. The highest BCUT2D eigenvalue weighted by atomic mass is 19.1. The Morgan fingerprint density at radius 3 is 2.55 bits per heavy atom. The van der Waals surface area contributed by atoms with Crippen LogP contribution in [-0.4, -0.2) is 71.3 Å². The lowest BCUT2D eigenvalue weighted by molar-refractivity contribution is -0.0592. The normalized spacial score (nSPS) is 17.3. The largest absolute Gasteiger partial charge is 0.473 e. The van der Waals surface area contributed by atoms with Crippen LogP contribution in [0.3, 0.4) is 0 Å². The van der Waals surface area contributed by atoms with E-state index in [-0.39, 0.29) is 36.1 Å². The molecule has 1 atom stereocenters. The number of benzene rings is 2. The fourth-order valence-corrected chi connectivity index (χ4v) is 5.80. The van der Waals surface area contributed by atoms with Gasteiger partial charge in [-0.05, 0) is 68.8 Å². The Labute approximate surface area is 255 Å². The summed E-state index contributed by atoms with van der Waals surface area (Å²) >= 11 is 0. The van der Waals surface area contributed by atoms with Gasteiger partial charge >= 0.3 is 5.97 Å². The van der Waals surface area contributed by atoms with E-state index in [0.717, 1.165) is 61.5 Å². The number of methoxy groups -OCH3 is 1. The number of rotatable bonds is 10. The average molecular weight is 602 g/mol. The first-order valence-corrected chi connectivity index (χ1v) is 14.9. The van der Waals surface area contributed by atoms with Crippen molar-refractivity contribution in [2.45, 2.75) is 51.0 Å². The summed E-state index contributed by atoms with van der Waals surface area (Å²) in [5, 5.41) is 2.49. The summed E-state index contributed by atoms with van der Waals surface area (Å²) in [5.41, 5.74) is 3.85. The van der Waals surface area contributed by atoms with Gasteiger partial charge < -0.3 is 24.1 Å². The topological polar surface area (TPSA) is 108 Å². The first-order valence-electron chi connectivity index (χ1n) is 14.9. The van der Waals surface area contributed by atoms with Crippen LogP contribution in [0.15, 0.2) is 54.6 Å². The smallest absolute Gasteiger partial charge is 0.337 e. The number of nitrogens with zero attached hydrogens (tertiary/aromatic N) is 4. The minimum absolute atomic E-state index is 0.0166. The molecule has 2 aliphatic rings. The number of fused-ring (bicyclic) bond motifs is 1. The van der Waals surface area contributed by atoms with Crippen LogP contribution < -0.4 is 10.1 Å². The molecule has 2 aliphatic heterocycles. The second-order valence-corrected chi connectivity index (χ2v) is 11.2. The number of piperidine rings is 1. The molecule has 0 radical (unpaired) electrons. The number of imidazole rings is 1. The number of hydrogen-bond acceptors (Lipinski definition) is 8.